The summed E-state index contributed by atoms with van der Waals surface area (Å²) in [6.07, 6.45) is 0. The van der Waals surface area contributed by atoms with E-state index in [9.17, 15) is 9.59 Å². The summed E-state index contributed by atoms with van der Waals surface area (Å²) in [7, 11) is 4.78. The normalized spacial score (nSPS) is 16.6. The van der Waals surface area contributed by atoms with Crippen molar-refractivity contribution in [3.63, 3.8) is 0 Å². The lowest BCUT2D eigenvalue weighted by molar-refractivity contribution is -0.119. The van der Waals surface area contributed by atoms with Crippen LogP contribution >= 0.6 is 11.3 Å². The molecule has 1 N–H and O–H groups in total. The molecule has 7 nitrogen and oxygen atoms in total. The fourth-order valence-corrected chi connectivity index (χ4v) is 5.50. The van der Waals surface area contributed by atoms with E-state index in [2.05, 4.69) is 5.32 Å². The quantitative estimate of drug-likeness (QED) is 0.322. The summed E-state index contributed by atoms with van der Waals surface area (Å²) in [4.78, 5) is 29.8. The number of hydrogen-bond donors (Lipinski definition) is 1. The molecule has 0 fully saturated rings. The van der Waals surface area contributed by atoms with Crippen LogP contribution in [0.1, 0.15) is 32.8 Å². The zero-order chi connectivity index (χ0) is 25.9. The van der Waals surface area contributed by atoms with Crippen LogP contribution in [0.2, 0.25) is 0 Å². The molecule has 0 radical (unpaired) electrons. The Balaban J connectivity index is 1.49. The molecule has 2 amide bonds. The van der Waals surface area contributed by atoms with Gasteiger partial charge in [-0.05, 0) is 65.5 Å². The number of para-hydroxylation sites is 1. The Hall–Kier alpha value is -4.30. The molecular weight excluding hydrogens is 488 g/mol. The third kappa shape index (κ3) is 4.75. The third-order valence-electron chi connectivity index (χ3n) is 6.39. The fraction of sp³-hybridized carbons (Fsp3) is 0.172. The molecule has 2 heterocycles. The number of ether oxygens (including phenoxy) is 3. The Bertz CT molecular complexity index is 1400. The van der Waals surface area contributed by atoms with E-state index in [4.69, 9.17) is 14.2 Å². The number of fused-ring (bicyclic) bond motifs is 1. The van der Waals surface area contributed by atoms with Crippen LogP contribution in [-0.2, 0) is 4.79 Å². The molecule has 0 bridgehead atoms. The van der Waals surface area contributed by atoms with Crippen molar-refractivity contribution < 1.29 is 23.8 Å². The van der Waals surface area contributed by atoms with Crippen molar-refractivity contribution in [2.45, 2.75) is 12.0 Å². The van der Waals surface area contributed by atoms with Gasteiger partial charge < -0.3 is 24.4 Å². The number of carbonyl (C=O) groups is 2. The second-order valence-electron chi connectivity index (χ2n) is 8.58. The second kappa shape index (κ2) is 10.4. The van der Waals surface area contributed by atoms with Crippen LogP contribution in [0, 0.1) is 0 Å². The van der Waals surface area contributed by atoms with Gasteiger partial charge in [-0.3, -0.25) is 9.59 Å². The van der Waals surface area contributed by atoms with Crippen molar-refractivity contribution in [1.82, 2.24) is 4.90 Å². The topological polar surface area (TPSA) is 77.1 Å². The monoisotopic (exact) mass is 514 g/mol. The van der Waals surface area contributed by atoms with E-state index in [1.54, 1.807) is 48.3 Å². The first-order valence-electron chi connectivity index (χ1n) is 11.7. The van der Waals surface area contributed by atoms with Crippen LogP contribution in [0.25, 0.3) is 0 Å². The minimum atomic E-state index is -0.670. The second-order valence-corrected chi connectivity index (χ2v) is 9.56. The van der Waals surface area contributed by atoms with Crippen LogP contribution in [0.5, 0.6) is 23.0 Å². The predicted octanol–water partition coefficient (Wildman–Crippen LogP) is 6.11. The number of thiophene rings is 1. The summed E-state index contributed by atoms with van der Waals surface area (Å²) in [5, 5.41) is 4.98. The number of carbonyl (C=O) groups excluding carboxylic acids is 2. The summed E-state index contributed by atoms with van der Waals surface area (Å²) in [6, 6.07) is 23.5. The first-order chi connectivity index (χ1) is 18.0. The number of nitrogens with zero attached hydrogens (tertiary/aromatic N) is 1. The van der Waals surface area contributed by atoms with E-state index in [-0.39, 0.29) is 11.8 Å². The highest BCUT2D eigenvalue weighted by molar-refractivity contribution is 7.10. The summed E-state index contributed by atoms with van der Waals surface area (Å²) in [5.74, 6) is 1.20. The molecule has 0 unspecified atom stereocenters. The van der Waals surface area contributed by atoms with E-state index in [0.717, 1.165) is 10.6 Å². The van der Waals surface area contributed by atoms with E-state index in [1.807, 2.05) is 47.8 Å². The van der Waals surface area contributed by atoms with Crippen LogP contribution in [0.15, 0.2) is 84.2 Å². The van der Waals surface area contributed by atoms with Gasteiger partial charge in [0.15, 0.2) is 11.5 Å². The highest BCUT2D eigenvalue weighted by Gasteiger charge is 2.44. The number of likely N-dealkylation sites (N-methyl/N-ethyl adjacent to an activating group) is 1. The van der Waals surface area contributed by atoms with Gasteiger partial charge in [0.1, 0.15) is 11.5 Å². The number of rotatable bonds is 7. The molecule has 1 aliphatic rings. The van der Waals surface area contributed by atoms with Crippen LogP contribution < -0.4 is 19.5 Å². The number of amides is 2. The van der Waals surface area contributed by atoms with Gasteiger partial charge >= 0.3 is 0 Å². The van der Waals surface area contributed by atoms with Crippen molar-refractivity contribution in [2.24, 2.45) is 0 Å². The van der Waals surface area contributed by atoms with Gasteiger partial charge in [0.05, 0.1) is 26.2 Å². The van der Waals surface area contributed by atoms with Gasteiger partial charge in [-0.15, -0.1) is 11.3 Å². The van der Waals surface area contributed by atoms with Gasteiger partial charge in [0.2, 0.25) is 5.91 Å². The lowest BCUT2D eigenvalue weighted by Gasteiger charge is -2.39. The van der Waals surface area contributed by atoms with E-state index >= 15 is 0 Å². The minimum absolute atomic E-state index is 0.180. The Kier molecular flexibility index (Phi) is 6.83. The predicted molar refractivity (Wildman–Crippen MR) is 143 cm³/mol. The van der Waals surface area contributed by atoms with Gasteiger partial charge in [0, 0.05) is 23.2 Å². The van der Waals surface area contributed by atoms with Gasteiger partial charge in [-0.25, -0.2) is 0 Å². The highest BCUT2D eigenvalue weighted by Crippen LogP contribution is 2.47. The van der Waals surface area contributed by atoms with Crippen molar-refractivity contribution >= 4 is 28.8 Å². The number of hydrogen-bond acceptors (Lipinski definition) is 6. The van der Waals surface area contributed by atoms with Crippen LogP contribution in [0.3, 0.4) is 0 Å². The van der Waals surface area contributed by atoms with E-state index in [1.165, 1.54) is 25.6 Å². The Morgan fingerprint density at radius 2 is 1.57 bits per heavy atom. The number of methoxy groups -OCH3 is 2. The summed E-state index contributed by atoms with van der Waals surface area (Å²) in [5.41, 5.74) is 1.64. The smallest absolute Gasteiger partial charge is 0.254 e. The maximum atomic E-state index is 13.9. The Labute approximate surface area is 219 Å². The highest BCUT2D eigenvalue weighted by atomic mass is 32.1. The van der Waals surface area contributed by atoms with E-state index in [0.29, 0.717) is 34.1 Å². The van der Waals surface area contributed by atoms with Gasteiger partial charge in [0.25, 0.3) is 5.91 Å². The zero-order valence-electron chi connectivity index (χ0n) is 20.6. The maximum Gasteiger partial charge on any atom is 0.254 e. The summed E-state index contributed by atoms with van der Waals surface area (Å²) < 4.78 is 16.8. The number of anilines is 1. The number of benzene rings is 3. The molecule has 0 saturated heterocycles. The molecule has 0 spiro atoms. The first-order valence-corrected chi connectivity index (χ1v) is 12.6. The lowest BCUT2D eigenvalue weighted by atomic mass is 9.81. The summed E-state index contributed by atoms with van der Waals surface area (Å²) >= 11 is 1.51. The van der Waals surface area contributed by atoms with Crippen molar-refractivity contribution in [3.8, 4) is 23.0 Å². The van der Waals surface area contributed by atoms with Crippen LogP contribution in [-0.4, -0.2) is 38.0 Å². The first kappa shape index (κ1) is 24.4. The van der Waals surface area contributed by atoms with Crippen molar-refractivity contribution in [3.05, 3.63) is 100 Å². The van der Waals surface area contributed by atoms with E-state index < -0.39 is 12.0 Å². The van der Waals surface area contributed by atoms with Gasteiger partial charge in [-0.1, -0.05) is 24.3 Å². The molecular formula is C29H26N2O5S. The average molecular weight is 515 g/mol. The molecule has 5 rings (SSSR count). The molecule has 1 aromatic heterocycles. The fourth-order valence-electron chi connectivity index (χ4n) is 4.60. The Morgan fingerprint density at radius 1 is 0.892 bits per heavy atom. The molecule has 8 heteroatoms. The minimum Gasteiger partial charge on any atom is -0.493 e. The largest absolute Gasteiger partial charge is 0.493 e. The van der Waals surface area contributed by atoms with Crippen molar-refractivity contribution in [2.75, 3.05) is 26.6 Å². The maximum absolute atomic E-state index is 13.9. The molecule has 188 valence electrons. The van der Waals surface area contributed by atoms with Gasteiger partial charge in [-0.2, -0.15) is 0 Å². The standard InChI is InChI=1S/C29H26N2O5S/c1-31-27(25-10-7-15-37-25)26(21-16-23(34-2)24(35-3)17-22(21)29(31)33)28(32)30-18-11-13-20(14-12-18)36-19-8-5-4-6-9-19/h4-17,26-27H,1-3H3,(H,30,32)/t26-,27+/m0/s1. The molecule has 37 heavy (non-hydrogen) atoms. The Morgan fingerprint density at radius 3 is 2.22 bits per heavy atom. The molecule has 0 aliphatic carbocycles. The third-order valence-corrected chi connectivity index (χ3v) is 7.34. The molecule has 4 aromatic rings. The number of nitrogens with one attached hydrogen (secondary N) is 1. The molecule has 0 saturated carbocycles. The van der Waals surface area contributed by atoms with Crippen LogP contribution in [0.4, 0.5) is 5.69 Å². The molecule has 2 atom stereocenters. The summed E-state index contributed by atoms with van der Waals surface area (Å²) in [6.45, 7) is 0. The SMILES string of the molecule is COc1cc2c(cc1OC)[C@H](C(=O)Nc1ccc(Oc3ccccc3)cc1)[C@@H](c1cccs1)N(C)C2=O. The average Bonchev–Trinajstić information content (AvgIpc) is 3.46. The zero-order valence-corrected chi connectivity index (χ0v) is 21.5. The molecule has 3 aromatic carbocycles. The molecule has 1 aliphatic heterocycles. The van der Waals surface area contributed by atoms with Crippen molar-refractivity contribution in [1.29, 1.82) is 0 Å². The lowest BCUT2D eigenvalue weighted by Crippen LogP contribution is -2.43.